The summed E-state index contributed by atoms with van der Waals surface area (Å²) >= 11 is 1.96. The van der Waals surface area contributed by atoms with Gasteiger partial charge in [0.25, 0.3) is 5.56 Å². The van der Waals surface area contributed by atoms with Gasteiger partial charge < -0.3 is 19.8 Å². The Morgan fingerprint density at radius 1 is 1.62 bits per heavy atom. The highest BCUT2D eigenvalue weighted by atomic mass is 127. The van der Waals surface area contributed by atoms with Crippen LogP contribution in [0.3, 0.4) is 0 Å². The standard InChI is InChI=1S/C9H12IN3O3/c10-7-8(12-5-13-9(7)14)11-3-6-4-15-1-2-16-6/h5-6H,1-4H2,(H2,11,12,13,14). The average Bonchev–Trinajstić information content (AvgIpc) is 2.32. The number of nitrogens with zero attached hydrogens (tertiary/aromatic N) is 1. The van der Waals surface area contributed by atoms with Crippen molar-refractivity contribution < 1.29 is 9.47 Å². The van der Waals surface area contributed by atoms with E-state index in [2.05, 4.69) is 15.3 Å². The van der Waals surface area contributed by atoms with Crippen LogP contribution in [0.5, 0.6) is 0 Å². The van der Waals surface area contributed by atoms with Gasteiger partial charge in [0, 0.05) is 6.54 Å². The molecule has 1 aliphatic heterocycles. The smallest absolute Gasteiger partial charge is 0.266 e. The van der Waals surface area contributed by atoms with Crippen molar-refractivity contribution in [2.24, 2.45) is 0 Å². The van der Waals surface area contributed by atoms with Crippen LogP contribution < -0.4 is 10.9 Å². The van der Waals surface area contributed by atoms with E-state index in [-0.39, 0.29) is 11.7 Å². The summed E-state index contributed by atoms with van der Waals surface area (Å²) in [5.74, 6) is 0.582. The van der Waals surface area contributed by atoms with Gasteiger partial charge in [0.2, 0.25) is 0 Å². The summed E-state index contributed by atoms with van der Waals surface area (Å²) < 4.78 is 11.3. The molecule has 0 bridgehead atoms. The monoisotopic (exact) mass is 337 g/mol. The minimum Gasteiger partial charge on any atom is -0.376 e. The Kier molecular flexibility index (Phi) is 4.13. The molecule has 0 radical (unpaired) electrons. The van der Waals surface area contributed by atoms with E-state index in [1.54, 1.807) is 0 Å². The van der Waals surface area contributed by atoms with Gasteiger partial charge in [0.1, 0.15) is 9.39 Å². The average molecular weight is 337 g/mol. The van der Waals surface area contributed by atoms with E-state index in [0.29, 0.717) is 35.8 Å². The van der Waals surface area contributed by atoms with Crippen LogP contribution in [0.25, 0.3) is 0 Å². The molecule has 7 heteroatoms. The van der Waals surface area contributed by atoms with Crippen molar-refractivity contribution >= 4 is 28.4 Å². The first-order valence-electron chi connectivity index (χ1n) is 4.94. The van der Waals surface area contributed by atoms with Crippen LogP contribution in [0.15, 0.2) is 11.1 Å². The maximum absolute atomic E-state index is 11.3. The fourth-order valence-electron chi connectivity index (χ4n) is 1.37. The summed E-state index contributed by atoms with van der Waals surface area (Å²) in [5, 5.41) is 3.08. The number of hydrogen-bond donors (Lipinski definition) is 2. The molecule has 6 nitrogen and oxygen atoms in total. The molecule has 1 atom stereocenters. The van der Waals surface area contributed by atoms with Crippen LogP contribution in [0, 0.1) is 3.57 Å². The molecule has 16 heavy (non-hydrogen) atoms. The first-order chi connectivity index (χ1) is 7.77. The minimum absolute atomic E-state index is 0.0191. The van der Waals surface area contributed by atoms with Crippen molar-refractivity contribution in [3.05, 3.63) is 20.3 Å². The number of aromatic nitrogens is 2. The summed E-state index contributed by atoms with van der Waals surface area (Å²) in [6, 6.07) is 0. The second-order valence-electron chi connectivity index (χ2n) is 3.34. The molecule has 2 rings (SSSR count). The zero-order valence-electron chi connectivity index (χ0n) is 8.53. The van der Waals surface area contributed by atoms with Gasteiger partial charge in [0.15, 0.2) is 0 Å². The van der Waals surface area contributed by atoms with Crippen molar-refractivity contribution in [2.75, 3.05) is 31.7 Å². The van der Waals surface area contributed by atoms with Crippen LogP contribution >= 0.6 is 22.6 Å². The molecule has 2 heterocycles. The fraction of sp³-hybridized carbons (Fsp3) is 0.556. The van der Waals surface area contributed by atoms with E-state index in [0.717, 1.165) is 0 Å². The first-order valence-corrected chi connectivity index (χ1v) is 6.01. The molecular formula is C9H12IN3O3. The summed E-state index contributed by atoms with van der Waals surface area (Å²) in [4.78, 5) is 17.9. The Morgan fingerprint density at radius 2 is 2.50 bits per heavy atom. The number of nitrogens with one attached hydrogen (secondary N) is 2. The summed E-state index contributed by atoms with van der Waals surface area (Å²) in [7, 11) is 0. The van der Waals surface area contributed by atoms with E-state index < -0.39 is 0 Å². The number of halogens is 1. The van der Waals surface area contributed by atoms with Gasteiger partial charge >= 0.3 is 0 Å². The van der Waals surface area contributed by atoms with Crippen LogP contribution in [0.4, 0.5) is 5.82 Å². The zero-order chi connectivity index (χ0) is 11.4. The molecule has 1 fully saturated rings. The third-order valence-electron chi connectivity index (χ3n) is 2.18. The molecule has 1 aromatic rings. The predicted octanol–water partition coefficient (Wildman–Crippen LogP) is 0.202. The fourth-order valence-corrected chi connectivity index (χ4v) is 1.86. The Hall–Kier alpha value is -0.670. The van der Waals surface area contributed by atoms with Crippen LogP contribution in [-0.2, 0) is 9.47 Å². The van der Waals surface area contributed by atoms with Gasteiger partial charge in [-0.15, -0.1) is 0 Å². The highest BCUT2D eigenvalue weighted by Gasteiger charge is 2.15. The number of H-pyrrole nitrogens is 1. The summed E-state index contributed by atoms with van der Waals surface area (Å²) in [6.07, 6.45) is 1.40. The molecule has 88 valence electrons. The number of hydrogen-bond acceptors (Lipinski definition) is 5. The molecule has 0 aromatic carbocycles. The SMILES string of the molecule is O=c1[nH]cnc(NCC2COCCO2)c1I. The van der Waals surface area contributed by atoms with Crippen molar-refractivity contribution in [1.82, 2.24) is 9.97 Å². The topological polar surface area (TPSA) is 76.2 Å². The van der Waals surface area contributed by atoms with Gasteiger partial charge in [-0.3, -0.25) is 4.79 Å². The number of ether oxygens (including phenoxy) is 2. The van der Waals surface area contributed by atoms with Crippen molar-refractivity contribution in [3.63, 3.8) is 0 Å². The normalized spacial score (nSPS) is 20.7. The largest absolute Gasteiger partial charge is 0.376 e. The highest BCUT2D eigenvalue weighted by Crippen LogP contribution is 2.09. The second kappa shape index (κ2) is 5.60. The van der Waals surface area contributed by atoms with Gasteiger partial charge in [-0.2, -0.15) is 0 Å². The van der Waals surface area contributed by atoms with Gasteiger partial charge in [-0.25, -0.2) is 4.98 Å². The lowest BCUT2D eigenvalue weighted by Crippen LogP contribution is -2.34. The molecule has 1 saturated heterocycles. The molecular weight excluding hydrogens is 325 g/mol. The van der Waals surface area contributed by atoms with E-state index in [9.17, 15) is 4.79 Å². The minimum atomic E-state index is -0.140. The molecule has 1 aromatic heterocycles. The predicted molar refractivity (Wildman–Crippen MR) is 66.6 cm³/mol. The molecule has 0 spiro atoms. The highest BCUT2D eigenvalue weighted by molar-refractivity contribution is 14.1. The zero-order valence-corrected chi connectivity index (χ0v) is 10.7. The lowest BCUT2D eigenvalue weighted by atomic mass is 10.3. The lowest BCUT2D eigenvalue weighted by molar-refractivity contribution is -0.0819. The first kappa shape index (κ1) is 11.8. The van der Waals surface area contributed by atoms with Crippen molar-refractivity contribution in [2.45, 2.75) is 6.10 Å². The second-order valence-corrected chi connectivity index (χ2v) is 4.42. The third kappa shape index (κ3) is 2.92. The molecule has 0 aliphatic carbocycles. The summed E-state index contributed by atoms with van der Waals surface area (Å²) in [6.45, 7) is 2.43. The van der Waals surface area contributed by atoms with E-state index >= 15 is 0 Å². The Labute approximate surface area is 106 Å². The molecule has 1 aliphatic rings. The van der Waals surface area contributed by atoms with Gasteiger partial charge in [-0.05, 0) is 22.6 Å². The quantitative estimate of drug-likeness (QED) is 0.771. The van der Waals surface area contributed by atoms with E-state index in [4.69, 9.17) is 9.47 Å². The van der Waals surface area contributed by atoms with Crippen LogP contribution in [0.1, 0.15) is 0 Å². The van der Waals surface area contributed by atoms with Crippen LogP contribution in [-0.4, -0.2) is 42.4 Å². The Balaban J connectivity index is 1.93. The number of rotatable bonds is 3. The maximum atomic E-state index is 11.3. The van der Waals surface area contributed by atoms with Crippen molar-refractivity contribution in [3.8, 4) is 0 Å². The van der Waals surface area contributed by atoms with Gasteiger partial charge in [0.05, 0.1) is 32.3 Å². The third-order valence-corrected chi connectivity index (χ3v) is 3.18. The number of aromatic amines is 1. The summed E-state index contributed by atoms with van der Waals surface area (Å²) in [5.41, 5.74) is -0.140. The lowest BCUT2D eigenvalue weighted by Gasteiger charge is -2.23. The molecule has 1 unspecified atom stereocenters. The molecule has 0 amide bonds. The molecule has 2 N–H and O–H groups in total. The Bertz CT molecular complexity index is 403. The number of anilines is 1. The van der Waals surface area contributed by atoms with Gasteiger partial charge in [-0.1, -0.05) is 0 Å². The van der Waals surface area contributed by atoms with E-state index in [1.807, 2.05) is 22.6 Å². The van der Waals surface area contributed by atoms with Crippen molar-refractivity contribution in [1.29, 1.82) is 0 Å². The Morgan fingerprint density at radius 3 is 3.25 bits per heavy atom. The maximum Gasteiger partial charge on any atom is 0.266 e. The van der Waals surface area contributed by atoms with Crippen LogP contribution in [0.2, 0.25) is 0 Å². The molecule has 0 saturated carbocycles. The van der Waals surface area contributed by atoms with E-state index in [1.165, 1.54) is 6.33 Å².